The highest BCUT2D eigenvalue weighted by molar-refractivity contribution is 14.1. The number of carbonyl (C=O) groups excluding carboxylic acids is 2. The van der Waals surface area contributed by atoms with E-state index in [9.17, 15) is 9.59 Å². The van der Waals surface area contributed by atoms with Crippen molar-refractivity contribution in [1.29, 1.82) is 0 Å². The Hall–Kier alpha value is -1.48. The Bertz CT molecular complexity index is 665. The lowest BCUT2D eigenvalue weighted by atomic mass is 10.2. The van der Waals surface area contributed by atoms with Crippen molar-refractivity contribution in [2.45, 2.75) is 0 Å². The molecule has 0 bridgehead atoms. The number of hydrogen-bond acceptors (Lipinski definition) is 3. The van der Waals surface area contributed by atoms with Gasteiger partial charge in [-0.1, -0.05) is 15.9 Å². The second-order valence-corrected chi connectivity index (χ2v) is 6.17. The summed E-state index contributed by atoms with van der Waals surface area (Å²) in [5.41, 5.74) is 1.12. The normalized spacial score (nSPS) is 10.0. The summed E-state index contributed by atoms with van der Waals surface area (Å²) in [6.45, 7) is -0.101. The van der Waals surface area contributed by atoms with Crippen molar-refractivity contribution in [1.82, 2.24) is 10.3 Å². The van der Waals surface area contributed by atoms with Crippen LogP contribution in [0.15, 0.2) is 47.2 Å². The Balaban J connectivity index is 1.92. The molecule has 0 aliphatic carbocycles. The maximum Gasteiger partial charge on any atom is 0.252 e. The van der Waals surface area contributed by atoms with Gasteiger partial charge in [-0.3, -0.25) is 14.6 Å². The van der Waals surface area contributed by atoms with Crippen LogP contribution >= 0.6 is 38.5 Å². The van der Waals surface area contributed by atoms with Gasteiger partial charge in [0.1, 0.15) is 0 Å². The van der Waals surface area contributed by atoms with Crippen molar-refractivity contribution in [2.24, 2.45) is 0 Å². The molecule has 0 saturated carbocycles. The molecule has 1 heterocycles. The van der Waals surface area contributed by atoms with Crippen molar-refractivity contribution in [3.63, 3.8) is 0 Å². The molecule has 0 unspecified atom stereocenters. The summed E-state index contributed by atoms with van der Waals surface area (Å²) in [7, 11) is 0. The first kappa shape index (κ1) is 15.9. The average Bonchev–Trinajstić information content (AvgIpc) is 2.48. The van der Waals surface area contributed by atoms with Crippen molar-refractivity contribution < 1.29 is 9.59 Å². The lowest BCUT2D eigenvalue weighted by Gasteiger charge is -2.08. The van der Waals surface area contributed by atoms with Crippen LogP contribution in [-0.2, 0) is 4.79 Å². The molecule has 2 N–H and O–H groups in total. The van der Waals surface area contributed by atoms with Gasteiger partial charge in [0.25, 0.3) is 5.91 Å². The molecule has 0 atom stereocenters. The van der Waals surface area contributed by atoms with Gasteiger partial charge in [0.15, 0.2) is 0 Å². The Labute approximate surface area is 143 Å². The molecule has 2 rings (SSSR count). The number of amides is 2. The van der Waals surface area contributed by atoms with Crippen LogP contribution in [0.5, 0.6) is 0 Å². The van der Waals surface area contributed by atoms with Gasteiger partial charge in [0, 0.05) is 14.2 Å². The first-order valence-electron chi connectivity index (χ1n) is 5.99. The second-order valence-electron chi connectivity index (χ2n) is 4.10. The Kier molecular flexibility index (Phi) is 5.68. The molecule has 0 radical (unpaired) electrons. The van der Waals surface area contributed by atoms with E-state index in [1.165, 1.54) is 6.20 Å². The predicted octanol–water partition coefficient (Wildman–Crippen LogP) is 2.82. The number of pyridine rings is 1. The highest BCUT2D eigenvalue weighted by Gasteiger charge is 2.12. The zero-order valence-corrected chi connectivity index (χ0v) is 14.5. The Morgan fingerprint density at radius 3 is 2.81 bits per heavy atom. The number of anilines is 1. The minimum atomic E-state index is -0.304. The quantitative estimate of drug-likeness (QED) is 0.690. The van der Waals surface area contributed by atoms with E-state index in [4.69, 9.17) is 0 Å². The number of nitrogens with zero attached hydrogens (tertiary/aromatic N) is 1. The van der Waals surface area contributed by atoms with Crippen molar-refractivity contribution >= 4 is 56.0 Å². The monoisotopic (exact) mass is 459 g/mol. The van der Waals surface area contributed by atoms with Crippen LogP contribution in [0.4, 0.5) is 5.69 Å². The van der Waals surface area contributed by atoms with Gasteiger partial charge in [-0.2, -0.15) is 0 Å². The third-order valence-electron chi connectivity index (χ3n) is 2.53. The largest absolute Gasteiger partial charge is 0.343 e. The standard InChI is InChI=1S/C14H11BrIN3O2/c15-9-3-4-12(16)11(6-9)14(21)18-8-13(20)19-10-2-1-5-17-7-10/h1-7H,8H2,(H,18,21)(H,19,20). The number of aromatic nitrogens is 1. The summed E-state index contributed by atoms with van der Waals surface area (Å²) in [6, 6.07) is 8.85. The first-order chi connectivity index (χ1) is 10.1. The third-order valence-corrected chi connectivity index (χ3v) is 3.96. The minimum Gasteiger partial charge on any atom is -0.343 e. The highest BCUT2D eigenvalue weighted by atomic mass is 127. The molecule has 7 heteroatoms. The fraction of sp³-hybridized carbons (Fsp3) is 0.0714. The topological polar surface area (TPSA) is 71.1 Å². The van der Waals surface area contributed by atoms with E-state index in [0.717, 1.165) is 8.04 Å². The number of benzene rings is 1. The van der Waals surface area contributed by atoms with Crippen molar-refractivity contribution in [3.05, 3.63) is 56.3 Å². The molecule has 0 fully saturated rings. The van der Waals surface area contributed by atoms with Gasteiger partial charge in [-0.05, 0) is 52.9 Å². The predicted molar refractivity (Wildman–Crippen MR) is 92.1 cm³/mol. The summed E-state index contributed by atoms with van der Waals surface area (Å²) in [5, 5.41) is 5.24. The molecule has 1 aromatic heterocycles. The maximum atomic E-state index is 12.0. The lowest BCUT2D eigenvalue weighted by Crippen LogP contribution is -2.33. The molecule has 108 valence electrons. The molecule has 5 nitrogen and oxygen atoms in total. The SMILES string of the molecule is O=C(CNC(=O)c1cc(Br)ccc1I)Nc1cccnc1. The average molecular weight is 460 g/mol. The van der Waals surface area contributed by atoms with Gasteiger partial charge in [-0.15, -0.1) is 0 Å². The van der Waals surface area contributed by atoms with Crippen LogP contribution in [0.3, 0.4) is 0 Å². The second kappa shape index (κ2) is 7.51. The number of halogens is 2. The Morgan fingerprint density at radius 1 is 1.29 bits per heavy atom. The van der Waals surface area contributed by atoms with Crippen LogP contribution in [-0.4, -0.2) is 23.3 Å². The van der Waals surface area contributed by atoms with Gasteiger partial charge in [0.05, 0.1) is 24.0 Å². The summed E-state index contributed by atoms with van der Waals surface area (Å²) in [4.78, 5) is 27.7. The third kappa shape index (κ3) is 4.78. The van der Waals surface area contributed by atoms with Crippen molar-refractivity contribution in [3.8, 4) is 0 Å². The molecule has 2 amide bonds. The van der Waals surface area contributed by atoms with Crippen LogP contribution in [0.1, 0.15) is 10.4 Å². The lowest BCUT2D eigenvalue weighted by molar-refractivity contribution is -0.115. The summed E-state index contributed by atoms with van der Waals surface area (Å²) < 4.78 is 1.63. The molecule has 0 aliphatic rings. The number of rotatable bonds is 4. The fourth-order valence-electron chi connectivity index (χ4n) is 1.57. The van der Waals surface area contributed by atoms with Crippen LogP contribution < -0.4 is 10.6 Å². The van der Waals surface area contributed by atoms with E-state index >= 15 is 0 Å². The van der Waals surface area contributed by atoms with Crippen LogP contribution in [0.25, 0.3) is 0 Å². The number of nitrogens with one attached hydrogen (secondary N) is 2. The van der Waals surface area contributed by atoms with E-state index in [-0.39, 0.29) is 18.4 Å². The molecule has 0 saturated heterocycles. The maximum absolute atomic E-state index is 12.0. The molecular formula is C14H11BrIN3O2. The van der Waals surface area contributed by atoms with Gasteiger partial charge >= 0.3 is 0 Å². The van der Waals surface area contributed by atoms with Gasteiger partial charge < -0.3 is 10.6 Å². The Morgan fingerprint density at radius 2 is 2.10 bits per heavy atom. The van der Waals surface area contributed by atoms with Crippen LogP contribution in [0, 0.1) is 3.57 Å². The smallest absolute Gasteiger partial charge is 0.252 e. The minimum absolute atomic E-state index is 0.101. The zero-order valence-electron chi connectivity index (χ0n) is 10.8. The first-order valence-corrected chi connectivity index (χ1v) is 7.86. The fourth-order valence-corrected chi connectivity index (χ4v) is 2.51. The van der Waals surface area contributed by atoms with Crippen molar-refractivity contribution in [2.75, 3.05) is 11.9 Å². The molecular weight excluding hydrogens is 449 g/mol. The molecule has 0 spiro atoms. The van der Waals surface area contributed by atoms with E-state index in [0.29, 0.717) is 11.3 Å². The molecule has 0 aliphatic heterocycles. The van der Waals surface area contributed by atoms with Gasteiger partial charge in [-0.25, -0.2) is 0 Å². The van der Waals surface area contributed by atoms with E-state index < -0.39 is 0 Å². The van der Waals surface area contributed by atoms with E-state index in [1.54, 1.807) is 24.4 Å². The van der Waals surface area contributed by atoms with E-state index in [2.05, 4.69) is 54.1 Å². The molecule has 21 heavy (non-hydrogen) atoms. The summed E-state index contributed by atoms with van der Waals surface area (Å²) in [5.74, 6) is -0.594. The summed E-state index contributed by atoms with van der Waals surface area (Å²) >= 11 is 5.40. The molecule has 2 aromatic rings. The summed E-state index contributed by atoms with van der Waals surface area (Å²) in [6.07, 6.45) is 3.16. The highest BCUT2D eigenvalue weighted by Crippen LogP contribution is 2.18. The number of hydrogen-bond donors (Lipinski definition) is 2. The zero-order chi connectivity index (χ0) is 15.2. The van der Waals surface area contributed by atoms with Crippen LogP contribution in [0.2, 0.25) is 0 Å². The van der Waals surface area contributed by atoms with E-state index in [1.807, 2.05) is 12.1 Å². The van der Waals surface area contributed by atoms with Gasteiger partial charge in [0.2, 0.25) is 5.91 Å². The molecule has 1 aromatic carbocycles. The number of carbonyl (C=O) groups is 2.